The van der Waals surface area contributed by atoms with Gasteiger partial charge in [-0.15, -0.1) is 0 Å². The van der Waals surface area contributed by atoms with Crippen molar-refractivity contribution in [1.82, 2.24) is 0 Å². The minimum absolute atomic E-state index is 0.432. The highest BCUT2D eigenvalue weighted by molar-refractivity contribution is 6.27. The average Bonchev–Trinajstić information content (AvgIpc) is 2.47. The number of carboxylic acids is 2. The summed E-state index contributed by atoms with van der Waals surface area (Å²) in [6.07, 6.45) is 12.1. The lowest BCUT2D eigenvalue weighted by molar-refractivity contribution is -0.159. The highest BCUT2D eigenvalue weighted by Crippen LogP contribution is 2.09. The van der Waals surface area contributed by atoms with Gasteiger partial charge in [0.15, 0.2) is 0 Å². The van der Waals surface area contributed by atoms with Crippen molar-refractivity contribution in [3.8, 4) is 0 Å². The molecule has 0 aliphatic carbocycles. The predicted molar refractivity (Wildman–Crippen MR) is 82.8 cm³/mol. The molecule has 0 rings (SSSR count). The second kappa shape index (κ2) is 17.3. The smallest absolute Gasteiger partial charge is 0.414 e. The van der Waals surface area contributed by atoms with E-state index in [0.29, 0.717) is 12.2 Å². The molecule has 0 bridgehead atoms. The van der Waals surface area contributed by atoms with Crippen LogP contribution in [0.1, 0.15) is 77.6 Å². The summed E-state index contributed by atoms with van der Waals surface area (Å²) in [4.78, 5) is 39.7. The van der Waals surface area contributed by atoms with E-state index in [2.05, 4.69) is 6.92 Å². The number of ketones is 1. The molecule has 0 spiro atoms. The second-order valence-corrected chi connectivity index (χ2v) is 5.08. The van der Waals surface area contributed by atoms with E-state index in [-0.39, 0.29) is 0 Å². The molecule has 0 aromatic rings. The molecule has 0 radical (unpaired) electrons. The molecule has 2 N–H and O–H groups in total. The molecule has 128 valence electrons. The van der Waals surface area contributed by atoms with Gasteiger partial charge in [0.25, 0.3) is 0 Å². The second-order valence-electron chi connectivity index (χ2n) is 5.08. The summed E-state index contributed by atoms with van der Waals surface area (Å²) in [6, 6.07) is 0. The van der Waals surface area contributed by atoms with Gasteiger partial charge in [-0.1, -0.05) is 39.0 Å². The molecule has 0 saturated heterocycles. The van der Waals surface area contributed by atoms with E-state index in [1.165, 1.54) is 12.8 Å². The Morgan fingerprint density at radius 3 is 1.68 bits per heavy atom. The molecule has 0 atom stereocenters. The molecule has 0 aromatic heterocycles. The highest BCUT2D eigenvalue weighted by Gasteiger charge is 2.04. The van der Waals surface area contributed by atoms with Crippen LogP contribution in [-0.4, -0.2) is 34.2 Å². The SMILES string of the molecule is CCCCCC(=O)CCCCCCCC=O.O=C(O)C(=O)O. The van der Waals surface area contributed by atoms with E-state index >= 15 is 0 Å². The zero-order valence-electron chi connectivity index (χ0n) is 13.4. The van der Waals surface area contributed by atoms with Crippen LogP contribution in [0.25, 0.3) is 0 Å². The van der Waals surface area contributed by atoms with Crippen LogP contribution < -0.4 is 0 Å². The van der Waals surface area contributed by atoms with Crippen LogP contribution in [-0.2, 0) is 19.2 Å². The third kappa shape index (κ3) is 20.6. The van der Waals surface area contributed by atoms with Gasteiger partial charge in [0.1, 0.15) is 12.1 Å². The number of aldehydes is 1. The molecule has 0 fully saturated rings. The lowest BCUT2D eigenvalue weighted by atomic mass is 10.0. The van der Waals surface area contributed by atoms with Crippen molar-refractivity contribution in [3.05, 3.63) is 0 Å². The quantitative estimate of drug-likeness (QED) is 0.325. The van der Waals surface area contributed by atoms with E-state index in [1.54, 1.807) is 0 Å². The molecule has 6 heteroatoms. The van der Waals surface area contributed by atoms with Gasteiger partial charge in [0.05, 0.1) is 0 Å². The van der Waals surface area contributed by atoms with Crippen LogP contribution in [0.3, 0.4) is 0 Å². The molecular formula is C16H28O6. The summed E-state index contributed by atoms with van der Waals surface area (Å²) in [7, 11) is 0. The van der Waals surface area contributed by atoms with Crippen LogP contribution in [0.2, 0.25) is 0 Å². The zero-order chi connectivity index (χ0) is 17.2. The Balaban J connectivity index is 0. The predicted octanol–water partition coefficient (Wildman–Crippen LogP) is 3.22. The number of unbranched alkanes of at least 4 members (excludes halogenated alkanes) is 7. The Kier molecular flexibility index (Phi) is 17.8. The Bertz CT molecular complexity index is 313. The van der Waals surface area contributed by atoms with Gasteiger partial charge in [0, 0.05) is 19.3 Å². The van der Waals surface area contributed by atoms with Crippen LogP contribution in [0, 0.1) is 0 Å². The van der Waals surface area contributed by atoms with Crippen molar-refractivity contribution in [2.75, 3.05) is 0 Å². The summed E-state index contributed by atoms with van der Waals surface area (Å²) >= 11 is 0. The van der Waals surface area contributed by atoms with Crippen LogP contribution in [0.4, 0.5) is 0 Å². The number of rotatable bonds is 12. The normalized spacial score (nSPS) is 9.50. The van der Waals surface area contributed by atoms with Crippen LogP contribution in [0.15, 0.2) is 0 Å². The van der Waals surface area contributed by atoms with Gasteiger partial charge in [-0.25, -0.2) is 9.59 Å². The first-order chi connectivity index (χ1) is 10.5. The Labute approximate surface area is 131 Å². The molecule has 0 aromatic carbocycles. The summed E-state index contributed by atoms with van der Waals surface area (Å²) in [5, 5.41) is 14.8. The zero-order valence-corrected chi connectivity index (χ0v) is 13.4. The molecule has 0 heterocycles. The number of carbonyl (C=O) groups excluding carboxylic acids is 2. The number of carboxylic acid groups (broad SMARTS) is 2. The summed E-state index contributed by atoms with van der Waals surface area (Å²) in [5.74, 6) is -3.22. The molecule has 6 nitrogen and oxygen atoms in total. The number of carbonyl (C=O) groups is 4. The fourth-order valence-corrected chi connectivity index (χ4v) is 1.78. The number of aliphatic carboxylic acids is 2. The van der Waals surface area contributed by atoms with E-state index in [9.17, 15) is 9.59 Å². The van der Waals surface area contributed by atoms with E-state index in [1.807, 2.05) is 0 Å². The third-order valence-corrected chi connectivity index (χ3v) is 3.02. The fourth-order valence-electron chi connectivity index (χ4n) is 1.78. The van der Waals surface area contributed by atoms with Gasteiger partial charge < -0.3 is 15.0 Å². The third-order valence-electron chi connectivity index (χ3n) is 3.02. The standard InChI is InChI=1S/C14H26O2.C2H2O4/c1-2-3-8-11-14(16)12-9-6-4-5-7-10-13-15;3-1(4)2(5)6/h13H,2-12H2,1H3;(H,3,4)(H,5,6). The maximum Gasteiger partial charge on any atom is 0.414 e. The van der Waals surface area contributed by atoms with Crippen molar-refractivity contribution >= 4 is 24.0 Å². The number of Topliss-reactive ketones (excluding diaryl/α,β-unsaturated/α-hetero) is 1. The summed E-state index contributed by atoms with van der Waals surface area (Å²) in [5.41, 5.74) is 0. The van der Waals surface area contributed by atoms with Crippen molar-refractivity contribution in [1.29, 1.82) is 0 Å². The number of hydrogen-bond acceptors (Lipinski definition) is 4. The monoisotopic (exact) mass is 316 g/mol. The minimum atomic E-state index is -1.82. The number of hydrogen-bond donors (Lipinski definition) is 2. The van der Waals surface area contributed by atoms with Gasteiger partial charge >= 0.3 is 11.9 Å². The van der Waals surface area contributed by atoms with Crippen LogP contribution in [0.5, 0.6) is 0 Å². The highest BCUT2D eigenvalue weighted by atomic mass is 16.4. The van der Waals surface area contributed by atoms with E-state index in [0.717, 1.165) is 57.7 Å². The fraction of sp³-hybridized carbons (Fsp3) is 0.750. The van der Waals surface area contributed by atoms with Gasteiger partial charge in [-0.05, 0) is 19.3 Å². The van der Waals surface area contributed by atoms with Crippen molar-refractivity contribution in [3.63, 3.8) is 0 Å². The van der Waals surface area contributed by atoms with Crippen molar-refractivity contribution in [2.24, 2.45) is 0 Å². The molecule has 0 saturated carbocycles. The average molecular weight is 316 g/mol. The maximum absolute atomic E-state index is 11.4. The molecule has 0 unspecified atom stereocenters. The largest absolute Gasteiger partial charge is 0.473 e. The topological polar surface area (TPSA) is 109 Å². The molecule has 0 amide bonds. The first kappa shape index (κ1) is 22.6. The van der Waals surface area contributed by atoms with Crippen molar-refractivity contribution < 1.29 is 29.4 Å². The first-order valence-electron chi connectivity index (χ1n) is 7.87. The maximum atomic E-state index is 11.4. The molecular weight excluding hydrogens is 288 g/mol. The summed E-state index contributed by atoms with van der Waals surface area (Å²) < 4.78 is 0. The Hall–Kier alpha value is -1.72. The van der Waals surface area contributed by atoms with Gasteiger partial charge in [0.2, 0.25) is 0 Å². The van der Waals surface area contributed by atoms with Gasteiger partial charge in [-0.2, -0.15) is 0 Å². The Morgan fingerprint density at radius 2 is 1.23 bits per heavy atom. The Morgan fingerprint density at radius 1 is 0.773 bits per heavy atom. The molecule has 0 aliphatic rings. The van der Waals surface area contributed by atoms with E-state index < -0.39 is 11.9 Å². The van der Waals surface area contributed by atoms with Crippen LogP contribution >= 0.6 is 0 Å². The minimum Gasteiger partial charge on any atom is -0.473 e. The van der Waals surface area contributed by atoms with Gasteiger partial charge in [-0.3, -0.25) is 4.79 Å². The first-order valence-corrected chi connectivity index (χ1v) is 7.87. The van der Waals surface area contributed by atoms with E-state index in [4.69, 9.17) is 19.8 Å². The molecule has 0 aliphatic heterocycles. The lowest BCUT2D eigenvalue weighted by Gasteiger charge is -2.01. The lowest BCUT2D eigenvalue weighted by Crippen LogP contribution is -2.09. The summed E-state index contributed by atoms with van der Waals surface area (Å²) in [6.45, 7) is 2.16. The molecule has 22 heavy (non-hydrogen) atoms. The van der Waals surface area contributed by atoms with Crippen molar-refractivity contribution in [2.45, 2.75) is 77.6 Å².